The van der Waals surface area contributed by atoms with E-state index in [2.05, 4.69) is 6.92 Å². The van der Waals surface area contributed by atoms with Crippen LogP contribution in [0.25, 0.3) is 0 Å². The van der Waals surface area contributed by atoms with Crippen molar-refractivity contribution < 1.29 is 18.6 Å². The van der Waals surface area contributed by atoms with Crippen molar-refractivity contribution in [1.29, 1.82) is 0 Å². The number of rotatable bonds is 1. The lowest BCUT2D eigenvalue weighted by molar-refractivity contribution is -0.0156. The van der Waals surface area contributed by atoms with Crippen molar-refractivity contribution in [1.82, 2.24) is 0 Å². The summed E-state index contributed by atoms with van der Waals surface area (Å²) in [6, 6.07) is 0. The average molecular weight is 306 g/mol. The zero-order valence-corrected chi connectivity index (χ0v) is 12.9. The molecule has 0 aliphatic heterocycles. The summed E-state index contributed by atoms with van der Waals surface area (Å²) in [5.41, 5.74) is 0. The Hall–Kier alpha value is -0.250. The summed E-state index contributed by atoms with van der Waals surface area (Å²) >= 11 is 0. The molecule has 0 heterocycles. The Bertz CT molecular complexity index is 326. The highest BCUT2D eigenvalue weighted by Gasteiger charge is 2.44. The first-order valence-electron chi connectivity index (χ1n) is 8.46. The van der Waals surface area contributed by atoms with Crippen LogP contribution in [0.3, 0.4) is 0 Å². The van der Waals surface area contributed by atoms with Gasteiger partial charge in [-0.3, -0.25) is 0 Å². The van der Waals surface area contributed by atoms with Gasteiger partial charge in [0.1, 0.15) is 12.3 Å². The van der Waals surface area contributed by atoms with Crippen LogP contribution < -0.4 is 0 Å². The third-order valence-corrected chi connectivity index (χ3v) is 6.33. The summed E-state index contributed by atoms with van der Waals surface area (Å²) in [7, 11) is 0. The summed E-state index contributed by atoms with van der Waals surface area (Å²) in [6.07, 6.45) is 2.88. The zero-order valence-electron chi connectivity index (χ0n) is 12.9. The smallest absolute Gasteiger partial charge is 0.162 e. The van der Waals surface area contributed by atoms with Crippen LogP contribution in [0, 0.1) is 29.6 Å². The molecule has 0 radical (unpaired) electrons. The minimum atomic E-state index is -1.88. The lowest BCUT2D eigenvalue weighted by Gasteiger charge is -2.45. The van der Waals surface area contributed by atoms with E-state index in [1.54, 1.807) is 0 Å². The summed E-state index contributed by atoms with van der Waals surface area (Å²) in [4.78, 5) is 0. The fourth-order valence-electron chi connectivity index (χ4n) is 5.13. The molecule has 124 valence electrons. The van der Waals surface area contributed by atoms with E-state index in [1.165, 1.54) is 25.7 Å². The first-order chi connectivity index (χ1) is 9.54. The molecule has 0 amide bonds. The Kier molecular flexibility index (Phi) is 5.61. The Labute approximate surface area is 126 Å². The van der Waals surface area contributed by atoms with E-state index in [1.807, 2.05) is 0 Å². The van der Waals surface area contributed by atoms with Crippen LogP contribution >= 0.6 is 0 Å². The fraction of sp³-hybridized carbons (Fsp3) is 1.00. The third kappa shape index (κ3) is 3.57. The maximum absolute atomic E-state index is 13.6. The Morgan fingerprint density at radius 3 is 1.71 bits per heavy atom. The molecule has 3 aliphatic carbocycles. The fourth-order valence-corrected chi connectivity index (χ4v) is 5.13. The SMILES string of the molecule is CC1CCC2CC(C3CC(F)C(F)C(F)C3)CCC2C1.O. The molecule has 0 aromatic rings. The molecule has 0 aromatic carbocycles. The van der Waals surface area contributed by atoms with Crippen LogP contribution in [0.2, 0.25) is 0 Å². The van der Waals surface area contributed by atoms with E-state index in [-0.39, 0.29) is 24.2 Å². The van der Waals surface area contributed by atoms with E-state index in [0.29, 0.717) is 5.92 Å². The van der Waals surface area contributed by atoms with Crippen molar-refractivity contribution in [3.8, 4) is 0 Å². The van der Waals surface area contributed by atoms with Crippen molar-refractivity contribution in [3.63, 3.8) is 0 Å². The average Bonchev–Trinajstić information content (AvgIpc) is 2.43. The molecule has 0 bridgehead atoms. The standard InChI is InChI=1S/C17H27F3.H2O/c1-10-2-3-12-7-13(5-4-11(12)6-10)14-8-15(18)17(20)16(19)9-14;/h10-17H,2-9H2,1H3;1H2. The number of fused-ring (bicyclic) bond motifs is 1. The number of alkyl halides is 3. The largest absolute Gasteiger partial charge is 0.412 e. The Balaban J connectivity index is 0.00000161. The molecule has 0 saturated heterocycles. The highest BCUT2D eigenvalue weighted by Crippen LogP contribution is 2.49. The Morgan fingerprint density at radius 1 is 0.619 bits per heavy atom. The molecule has 6 atom stereocenters. The molecule has 3 aliphatic rings. The van der Waals surface area contributed by atoms with E-state index in [9.17, 15) is 13.2 Å². The summed E-state index contributed by atoms with van der Waals surface area (Å²) in [5.74, 6) is 2.97. The van der Waals surface area contributed by atoms with Gasteiger partial charge in [-0.2, -0.15) is 0 Å². The first kappa shape index (κ1) is 17.1. The molecule has 4 heteroatoms. The molecular formula is C17H29F3O. The van der Waals surface area contributed by atoms with Crippen LogP contribution in [0.4, 0.5) is 13.2 Å². The second-order valence-electron chi connectivity index (χ2n) is 7.72. The van der Waals surface area contributed by atoms with Crippen LogP contribution in [-0.2, 0) is 0 Å². The van der Waals surface area contributed by atoms with Gasteiger partial charge in [0.2, 0.25) is 0 Å². The second kappa shape index (κ2) is 6.89. The lowest BCUT2D eigenvalue weighted by atomic mass is 9.61. The lowest BCUT2D eigenvalue weighted by Crippen LogP contribution is -2.41. The highest BCUT2D eigenvalue weighted by molar-refractivity contribution is 4.93. The molecule has 6 unspecified atom stereocenters. The van der Waals surface area contributed by atoms with Crippen molar-refractivity contribution in [3.05, 3.63) is 0 Å². The predicted octanol–water partition coefficient (Wildman–Crippen LogP) is 4.44. The van der Waals surface area contributed by atoms with Gasteiger partial charge < -0.3 is 5.48 Å². The highest BCUT2D eigenvalue weighted by atomic mass is 19.2. The number of halogens is 3. The monoisotopic (exact) mass is 306 g/mol. The van der Waals surface area contributed by atoms with Crippen molar-refractivity contribution in [2.24, 2.45) is 29.6 Å². The number of hydrogen-bond donors (Lipinski definition) is 0. The van der Waals surface area contributed by atoms with E-state index in [0.717, 1.165) is 30.6 Å². The minimum Gasteiger partial charge on any atom is -0.412 e. The van der Waals surface area contributed by atoms with Crippen molar-refractivity contribution >= 4 is 0 Å². The summed E-state index contributed by atoms with van der Waals surface area (Å²) in [6.45, 7) is 2.34. The van der Waals surface area contributed by atoms with Gasteiger partial charge >= 0.3 is 0 Å². The van der Waals surface area contributed by atoms with Gasteiger partial charge in [0, 0.05) is 0 Å². The molecule has 0 aromatic heterocycles. The first-order valence-corrected chi connectivity index (χ1v) is 8.46. The van der Waals surface area contributed by atoms with Crippen LogP contribution in [0.15, 0.2) is 0 Å². The summed E-state index contributed by atoms with van der Waals surface area (Å²) in [5, 5.41) is 0. The van der Waals surface area contributed by atoms with Gasteiger partial charge in [-0.05, 0) is 74.5 Å². The Morgan fingerprint density at radius 2 is 1.10 bits per heavy atom. The van der Waals surface area contributed by atoms with Gasteiger partial charge in [-0.15, -0.1) is 0 Å². The molecule has 2 N–H and O–H groups in total. The maximum atomic E-state index is 13.6. The van der Waals surface area contributed by atoms with E-state index in [4.69, 9.17) is 0 Å². The van der Waals surface area contributed by atoms with Gasteiger partial charge in [-0.1, -0.05) is 13.3 Å². The molecule has 3 fully saturated rings. The van der Waals surface area contributed by atoms with Gasteiger partial charge in [0.05, 0.1) is 0 Å². The quantitative estimate of drug-likeness (QED) is 0.686. The van der Waals surface area contributed by atoms with Crippen molar-refractivity contribution in [2.45, 2.75) is 76.8 Å². The van der Waals surface area contributed by atoms with E-state index < -0.39 is 18.5 Å². The molecule has 0 spiro atoms. The van der Waals surface area contributed by atoms with Crippen LogP contribution in [-0.4, -0.2) is 24.0 Å². The minimum absolute atomic E-state index is 0. The molecule has 3 saturated carbocycles. The zero-order chi connectivity index (χ0) is 14.3. The van der Waals surface area contributed by atoms with Gasteiger partial charge in [-0.25, -0.2) is 13.2 Å². The summed E-state index contributed by atoms with van der Waals surface area (Å²) < 4.78 is 40.5. The molecule has 21 heavy (non-hydrogen) atoms. The van der Waals surface area contributed by atoms with Crippen LogP contribution in [0.1, 0.15) is 58.3 Å². The molecule has 3 rings (SSSR count). The van der Waals surface area contributed by atoms with Gasteiger partial charge in [0.15, 0.2) is 6.17 Å². The van der Waals surface area contributed by atoms with Crippen LogP contribution in [0.5, 0.6) is 0 Å². The normalized spacial score (nSPS) is 50.9. The number of hydrogen-bond acceptors (Lipinski definition) is 0. The third-order valence-electron chi connectivity index (χ3n) is 6.33. The van der Waals surface area contributed by atoms with E-state index >= 15 is 0 Å². The predicted molar refractivity (Wildman–Crippen MR) is 78.4 cm³/mol. The molecule has 1 nitrogen and oxygen atoms in total. The second-order valence-corrected chi connectivity index (χ2v) is 7.72. The van der Waals surface area contributed by atoms with Crippen molar-refractivity contribution in [2.75, 3.05) is 0 Å². The molecular weight excluding hydrogens is 277 g/mol. The topological polar surface area (TPSA) is 31.5 Å². The maximum Gasteiger partial charge on any atom is 0.162 e. The van der Waals surface area contributed by atoms with Gasteiger partial charge in [0.25, 0.3) is 0 Å².